The van der Waals surface area contributed by atoms with E-state index in [1.165, 1.54) is 0 Å². The normalized spacial score (nSPS) is 10.8. The van der Waals surface area contributed by atoms with Crippen molar-refractivity contribution in [3.63, 3.8) is 0 Å². The lowest BCUT2D eigenvalue weighted by atomic mass is 10.2. The number of halogens is 2. The van der Waals surface area contributed by atoms with Crippen molar-refractivity contribution in [1.29, 1.82) is 0 Å². The lowest BCUT2D eigenvalue weighted by Crippen LogP contribution is -2.15. The summed E-state index contributed by atoms with van der Waals surface area (Å²) in [5, 5.41) is 11.7. The van der Waals surface area contributed by atoms with Crippen LogP contribution in [0, 0.1) is 0 Å². The maximum Gasteiger partial charge on any atom is 0.338 e. The van der Waals surface area contributed by atoms with Crippen LogP contribution in [0.3, 0.4) is 0 Å². The quantitative estimate of drug-likeness (QED) is 0.371. The lowest BCUT2D eigenvalue weighted by molar-refractivity contribution is -0.113. The lowest BCUT2D eigenvalue weighted by Gasteiger charge is -2.09. The minimum atomic E-state index is -0.449. The Labute approximate surface area is 187 Å². The zero-order chi connectivity index (χ0) is 21.7. The first kappa shape index (κ1) is 22.1. The van der Waals surface area contributed by atoms with E-state index in [0.29, 0.717) is 26.9 Å². The largest absolute Gasteiger partial charge is 0.459 e. The van der Waals surface area contributed by atoms with Gasteiger partial charge < -0.3 is 14.5 Å². The Morgan fingerprint density at radius 3 is 2.70 bits per heavy atom. The molecule has 0 saturated carbocycles. The van der Waals surface area contributed by atoms with Gasteiger partial charge >= 0.3 is 5.97 Å². The molecular formula is C20H17Cl2N3O4S. The van der Waals surface area contributed by atoms with Gasteiger partial charge in [0.05, 0.1) is 28.0 Å². The minimum absolute atomic E-state index is 0.0383. The number of carbonyl (C=O) groups excluding carboxylic acids is 2. The molecule has 0 aliphatic heterocycles. The van der Waals surface area contributed by atoms with Gasteiger partial charge in [0.25, 0.3) is 5.22 Å². The number of nitrogens with one attached hydrogen (secondary N) is 1. The monoisotopic (exact) mass is 465 g/mol. The standard InChI is InChI=1S/C20H17Cl2N3O4S/c1-11(2)28-19(27)12-4-3-5-14(8-12)23-17(26)10-30-20-25-24-18(29-20)15-7-6-13(21)9-16(15)22/h3-9,11H,10H2,1-2H3,(H,23,26). The van der Waals surface area contributed by atoms with Crippen LogP contribution in [0.15, 0.2) is 52.1 Å². The van der Waals surface area contributed by atoms with E-state index in [1.54, 1.807) is 56.3 Å². The van der Waals surface area contributed by atoms with Crippen LogP contribution in [0.5, 0.6) is 0 Å². The van der Waals surface area contributed by atoms with E-state index >= 15 is 0 Å². The average molecular weight is 466 g/mol. The molecule has 0 aliphatic rings. The molecule has 0 unspecified atom stereocenters. The molecule has 10 heteroatoms. The molecule has 0 spiro atoms. The first-order chi connectivity index (χ1) is 14.3. The second kappa shape index (κ2) is 9.97. The van der Waals surface area contributed by atoms with Crippen molar-refractivity contribution in [3.05, 3.63) is 58.1 Å². The number of benzene rings is 2. The van der Waals surface area contributed by atoms with Crippen LogP contribution in [0.2, 0.25) is 10.0 Å². The van der Waals surface area contributed by atoms with Gasteiger partial charge in [0.1, 0.15) is 0 Å². The van der Waals surface area contributed by atoms with Crippen molar-refractivity contribution in [2.45, 2.75) is 25.2 Å². The van der Waals surface area contributed by atoms with Crippen LogP contribution in [0.4, 0.5) is 5.69 Å². The van der Waals surface area contributed by atoms with Crippen molar-refractivity contribution in [3.8, 4) is 11.5 Å². The van der Waals surface area contributed by atoms with Crippen molar-refractivity contribution >= 4 is 52.5 Å². The van der Waals surface area contributed by atoms with Crippen molar-refractivity contribution in [2.24, 2.45) is 0 Å². The van der Waals surface area contributed by atoms with E-state index in [9.17, 15) is 9.59 Å². The molecule has 0 fully saturated rings. The molecule has 2 aromatic carbocycles. The number of carbonyl (C=O) groups is 2. The third kappa shape index (κ3) is 5.98. The average Bonchev–Trinajstić information content (AvgIpc) is 3.15. The molecule has 0 atom stereocenters. The number of thioether (sulfide) groups is 1. The molecule has 0 radical (unpaired) electrons. The third-order valence-corrected chi connectivity index (χ3v) is 4.99. The topological polar surface area (TPSA) is 94.3 Å². The van der Waals surface area contributed by atoms with Gasteiger partial charge in [-0.05, 0) is 50.2 Å². The summed E-state index contributed by atoms with van der Waals surface area (Å²) in [5.41, 5.74) is 1.39. The van der Waals surface area contributed by atoms with Crippen LogP contribution in [-0.4, -0.2) is 33.9 Å². The van der Waals surface area contributed by atoms with Gasteiger partial charge in [0.15, 0.2) is 0 Å². The van der Waals surface area contributed by atoms with Gasteiger partial charge in [-0.3, -0.25) is 4.79 Å². The van der Waals surface area contributed by atoms with Gasteiger partial charge in [-0.2, -0.15) is 0 Å². The number of hydrogen-bond donors (Lipinski definition) is 1. The smallest absolute Gasteiger partial charge is 0.338 e. The van der Waals surface area contributed by atoms with Crippen LogP contribution in [0.25, 0.3) is 11.5 Å². The number of ether oxygens (including phenoxy) is 1. The SMILES string of the molecule is CC(C)OC(=O)c1cccc(NC(=O)CSc2nnc(-c3ccc(Cl)cc3Cl)o2)c1. The van der Waals surface area contributed by atoms with E-state index in [0.717, 1.165) is 11.8 Å². The first-order valence-corrected chi connectivity index (χ1v) is 10.6. The number of hydrogen-bond acceptors (Lipinski definition) is 7. The zero-order valence-electron chi connectivity index (χ0n) is 16.0. The second-order valence-electron chi connectivity index (χ2n) is 6.37. The van der Waals surface area contributed by atoms with Crippen molar-refractivity contribution in [2.75, 3.05) is 11.1 Å². The fourth-order valence-corrected chi connectivity index (χ4v) is 3.42. The van der Waals surface area contributed by atoms with E-state index < -0.39 is 5.97 Å². The molecule has 1 N–H and O–H groups in total. The summed E-state index contributed by atoms with van der Waals surface area (Å²) in [6.45, 7) is 3.54. The van der Waals surface area contributed by atoms with Crippen molar-refractivity contribution in [1.82, 2.24) is 10.2 Å². The predicted octanol–water partition coefficient (Wildman–Crippen LogP) is 5.34. The van der Waals surface area contributed by atoms with Crippen LogP contribution >= 0.6 is 35.0 Å². The van der Waals surface area contributed by atoms with E-state index in [2.05, 4.69) is 15.5 Å². The minimum Gasteiger partial charge on any atom is -0.459 e. The Balaban J connectivity index is 1.58. The third-order valence-electron chi connectivity index (χ3n) is 3.62. The summed E-state index contributed by atoms with van der Waals surface area (Å²) in [4.78, 5) is 24.2. The van der Waals surface area contributed by atoms with Crippen LogP contribution < -0.4 is 5.32 Å². The molecule has 1 heterocycles. The number of rotatable bonds is 7. The number of esters is 1. The fourth-order valence-electron chi connectivity index (χ4n) is 2.37. The molecule has 7 nitrogen and oxygen atoms in total. The fraction of sp³-hybridized carbons (Fsp3) is 0.200. The maximum absolute atomic E-state index is 12.2. The first-order valence-electron chi connectivity index (χ1n) is 8.84. The van der Waals surface area contributed by atoms with Gasteiger partial charge in [0.2, 0.25) is 11.8 Å². The van der Waals surface area contributed by atoms with Gasteiger partial charge in [0, 0.05) is 10.7 Å². The molecule has 0 aliphatic carbocycles. The zero-order valence-corrected chi connectivity index (χ0v) is 18.3. The van der Waals surface area contributed by atoms with Gasteiger partial charge in [-0.1, -0.05) is 41.0 Å². The van der Waals surface area contributed by atoms with E-state index in [-0.39, 0.29) is 28.9 Å². The predicted molar refractivity (Wildman–Crippen MR) is 116 cm³/mol. The molecule has 1 aromatic heterocycles. The number of amides is 1. The van der Waals surface area contributed by atoms with Gasteiger partial charge in [-0.15, -0.1) is 10.2 Å². The van der Waals surface area contributed by atoms with Crippen LogP contribution in [0.1, 0.15) is 24.2 Å². The summed E-state index contributed by atoms with van der Waals surface area (Å²) >= 11 is 13.1. The van der Waals surface area contributed by atoms with Gasteiger partial charge in [-0.25, -0.2) is 4.79 Å². The Hall–Kier alpha value is -2.55. The molecule has 3 rings (SSSR count). The highest BCUT2D eigenvalue weighted by Gasteiger charge is 2.15. The molecule has 156 valence electrons. The Morgan fingerprint density at radius 2 is 1.97 bits per heavy atom. The van der Waals surface area contributed by atoms with Crippen molar-refractivity contribution < 1.29 is 18.7 Å². The summed E-state index contributed by atoms with van der Waals surface area (Å²) in [6.07, 6.45) is -0.228. The summed E-state index contributed by atoms with van der Waals surface area (Å²) < 4.78 is 10.7. The molecule has 0 saturated heterocycles. The van der Waals surface area contributed by atoms with E-state index in [4.69, 9.17) is 32.4 Å². The summed E-state index contributed by atoms with van der Waals surface area (Å²) in [7, 11) is 0. The number of aromatic nitrogens is 2. The highest BCUT2D eigenvalue weighted by molar-refractivity contribution is 7.99. The Morgan fingerprint density at radius 1 is 1.17 bits per heavy atom. The number of nitrogens with zero attached hydrogens (tertiary/aromatic N) is 2. The molecule has 1 amide bonds. The molecular weight excluding hydrogens is 449 g/mol. The Bertz CT molecular complexity index is 1070. The molecule has 0 bridgehead atoms. The summed E-state index contributed by atoms with van der Waals surface area (Å²) in [5.74, 6) is -0.472. The molecule has 30 heavy (non-hydrogen) atoms. The Kier molecular flexibility index (Phi) is 7.36. The molecule has 3 aromatic rings. The maximum atomic E-state index is 12.2. The highest BCUT2D eigenvalue weighted by Crippen LogP contribution is 2.31. The highest BCUT2D eigenvalue weighted by atomic mass is 35.5. The summed E-state index contributed by atoms with van der Waals surface area (Å²) in [6, 6.07) is 11.4. The van der Waals surface area contributed by atoms with E-state index in [1.807, 2.05) is 0 Å². The second-order valence-corrected chi connectivity index (χ2v) is 8.14. The van der Waals surface area contributed by atoms with Crippen LogP contribution in [-0.2, 0) is 9.53 Å². The number of anilines is 1.